The third kappa shape index (κ3) is 2.73. The lowest BCUT2D eigenvalue weighted by molar-refractivity contribution is 0.171. The van der Waals surface area contributed by atoms with E-state index in [1.165, 1.54) is 0 Å². The number of aryl methyl sites for hydroxylation is 1. The number of ether oxygens (including phenoxy) is 2. The van der Waals surface area contributed by atoms with E-state index in [2.05, 4.69) is 10.3 Å². The van der Waals surface area contributed by atoms with Crippen molar-refractivity contribution >= 4 is 11.6 Å². The molecule has 0 bridgehead atoms. The Bertz CT molecular complexity index is 612. The summed E-state index contributed by atoms with van der Waals surface area (Å²) in [6.45, 7) is 2.51. The minimum atomic E-state index is 0.545. The van der Waals surface area contributed by atoms with Crippen LogP contribution in [-0.2, 0) is 20.1 Å². The number of halogens is 1. The minimum absolute atomic E-state index is 0.545. The van der Waals surface area contributed by atoms with Crippen LogP contribution in [0.4, 0.5) is 0 Å². The third-order valence-corrected chi connectivity index (χ3v) is 3.47. The van der Waals surface area contributed by atoms with E-state index in [-0.39, 0.29) is 0 Å². The lowest BCUT2D eigenvalue weighted by Crippen LogP contribution is -2.18. The zero-order valence-electron chi connectivity index (χ0n) is 11.2. The average molecular weight is 294 g/mol. The second-order valence-electron chi connectivity index (χ2n) is 4.66. The quantitative estimate of drug-likeness (QED) is 0.938. The Morgan fingerprint density at radius 2 is 2.15 bits per heavy atom. The Balaban J connectivity index is 1.66. The highest BCUT2D eigenvalue weighted by Gasteiger charge is 2.16. The summed E-state index contributed by atoms with van der Waals surface area (Å²) >= 11 is 6.20. The lowest BCUT2D eigenvalue weighted by Gasteiger charge is -2.20. The summed E-state index contributed by atoms with van der Waals surface area (Å²) in [6, 6.07) is 3.87. The molecule has 1 aromatic heterocycles. The van der Waals surface area contributed by atoms with Gasteiger partial charge in [-0.15, -0.1) is 0 Å². The second kappa shape index (κ2) is 5.73. The van der Waals surface area contributed by atoms with Gasteiger partial charge in [0.15, 0.2) is 11.5 Å². The van der Waals surface area contributed by atoms with Crippen LogP contribution in [0.1, 0.15) is 11.4 Å². The number of fused-ring (bicyclic) bond motifs is 1. The predicted molar refractivity (Wildman–Crippen MR) is 76.2 cm³/mol. The van der Waals surface area contributed by atoms with Gasteiger partial charge in [-0.25, -0.2) is 4.98 Å². The summed E-state index contributed by atoms with van der Waals surface area (Å²) in [5.74, 6) is 2.36. The van der Waals surface area contributed by atoms with Gasteiger partial charge in [0.25, 0.3) is 0 Å². The number of benzene rings is 1. The summed E-state index contributed by atoms with van der Waals surface area (Å²) in [7, 11) is 1.98. The van der Waals surface area contributed by atoms with E-state index in [9.17, 15) is 0 Å². The van der Waals surface area contributed by atoms with E-state index in [1.807, 2.05) is 29.9 Å². The van der Waals surface area contributed by atoms with Gasteiger partial charge in [-0.05, 0) is 17.7 Å². The van der Waals surface area contributed by atoms with Gasteiger partial charge >= 0.3 is 0 Å². The second-order valence-corrected chi connectivity index (χ2v) is 5.07. The largest absolute Gasteiger partial charge is 0.486 e. The van der Waals surface area contributed by atoms with Gasteiger partial charge in [0.05, 0.1) is 11.6 Å². The third-order valence-electron chi connectivity index (χ3n) is 3.19. The summed E-state index contributed by atoms with van der Waals surface area (Å²) < 4.78 is 13.1. The van der Waals surface area contributed by atoms with Crippen LogP contribution >= 0.6 is 11.6 Å². The molecule has 0 spiro atoms. The number of nitrogens with one attached hydrogen (secondary N) is 1. The van der Waals surface area contributed by atoms with Crippen molar-refractivity contribution in [2.45, 2.75) is 13.1 Å². The number of hydrogen-bond acceptors (Lipinski definition) is 4. The average Bonchev–Trinajstić information content (AvgIpc) is 2.85. The zero-order chi connectivity index (χ0) is 13.9. The molecule has 2 heterocycles. The molecular formula is C14H16ClN3O2. The molecule has 1 aliphatic rings. The Morgan fingerprint density at radius 1 is 1.30 bits per heavy atom. The van der Waals surface area contributed by atoms with Crippen LogP contribution in [0.5, 0.6) is 11.5 Å². The molecule has 106 valence electrons. The molecule has 1 N–H and O–H groups in total. The maximum absolute atomic E-state index is 6.20. The molecule has 1 aliphatic heterocycles. The molecule has 0 saturated heterocycles. The van der Waals surface area contributed by atoms with Crippen molar-refractivity contribution in [2.75, 3.05) is 13.2 Å². The Morgan fingerprint density at radius 3 is 2.95 bits per heavy atom. The molecule has 0 unspecified atom stereocenters. The standard InChI is InChI=1S/C14H16ClN3O2/c1-18-3-2-17-13(18)9-16-8-10-6-11(15)14-12(7-10)19-4-5-20-14/h2-3,6-7,16H,4-5,8-9H2,1H3. The van der Waals surface area contributed by atoms with Gasteiger partial charge in [-0.3, -0.25) is 0 Å². The molecule has 3 rings (SSSR count). The first kappa shape index (κ1) is 13.3. The molecule has 5 nitrogen and oxygen atoms in total. The van der Waals surface area contributed by atoms with Crippen molar-refractivity contribution in [3.8, 4) is 11.5 Å². The Labute approximate surface area is 122 Å². The van der Waals surface area contributed by atoms with Crippen LogP contribution in [-0.4, -0.2) is 22.8 Å². The van der Waals surface area contributed by atoms with E-state index >= 15 is 0 Å². The highest BCUT2D eigenvalue weighted by atomic mass is 35.5. The maximum Gasteiger partial charge on any atom is 0.179 e. The van der Waals surface area contributed by atoms with Gasteiger partial charge in [-0.1, -0.05) is 11.6 Å². The number of imidazole rings is 1. The molecule has 0 radical (unpaired) electrons. The van der Waals surface area contributed by atoms with Crippen molar-refractivity contribution in [1.29, 1.82) is 0 Å². The van der Waals surface area contributed by atoms with E-state index < -0.39 is 0 Å². The van der Waals surface area contributed by atoms with Crippen LogP contribution < -0.4 is 14.8 Å². The Hall–Kier alpha value is -1.72. The van der Waals surface area contributed by atoms with Crippen molar-refractivity contribution < 1.29 is 9.47 Å². The highest BCUT2D eigenvalue weighted by Crippen LogP contribution is 2.38. The fourth-order valence-electron chi connectivity index (χ4n) is 2.15. The zero-order valence-corrected chi connectivity index (χ0v) is 12.0. The normalized spacial score (nSPS) is 13.5. The summed E-state index contributed by atoms with van der Waals surface area (Å²) in [5, 5.41) is 3.93. The molecule has 0 saturated carbocycles. The van der Waals surface area contributed by atoms with Gasteiger partial charge in [0.2, 0.25) is 0 Å². The van der Waals surface area contributed by atoms with E-state index in [0.717, 1.165) is 17.1 Å². The van der Waals surface area contributed by atoms with Crippen LogP contribution in [0.15, 0.2) is 24.5 Å². The molecule has 20 heavy (non-hydrogen) atoms. The first-order valence-electron chi connectivity index (χ1n) is 6.49. The topological polar surface area (TPSA) is 48.3 Å². The monoisotopic (exact) mass is 293 g/mol. The number of hydrogen-bond donors (Lipinski definition) is 1. The van der Waals surface area contributed by atoms with Crippen LogP contribution in [0.25, 0.3) is 0 Å². The van der Waals surface area contributed by atoms with Gasteiger partial charge < -0.3 is 19.4 Å². The summed E-state index contributed by atoms with van der Waals surface area (Å²) in [5.41, 5.74) is 1.06. The van der Waals surface area contributed by atoms with Crippen molar-refractivity contribution in [1.82, 2.24) is 14.9 Å². The number of rotatable bonds is 4. The molecule has 0 atom stereocenters. The maximum atomic E-state index is 6.20. The summed E-state index contributed by atoms with van der Waals surface area (Å²) in [6.07, 6.45) is 3.72. The molecule has 6 heteroatoms. The van der Waals surface area contributed by atoms with Crippen molar-refractivity contribution in [2.24, 2.45) is 7.05 Å². The fourth-order valence-corrected chi connectivity index (χ4v) is 2.44. The van der Waals surface area contributed by atoms with Crippen LogP contribution in [0.3, 0.4) is 0 Å². The first-order chi connectivity index (χ1) is 9.74. The molecule has 2 aromatic rings. The SMILES string of the molecule is Cn1ccnc1CNCc1cc(Cl)c2c(c1)OCCO2. The molecular weight excluding hydrogens is 278 g/mol. The molecule has 1 aromatic carbocycles. The Kier molecular flexibility index (Phi) is 3.80. The molecule has 0 aliphatic carbocycles. The van der Waals surface area contributed by atoms with E-state index in [0.29, 0.717) is 37.1 Å². The predicted octanol–water partition coefficient (Wildman–Crippen LogP) is 2.13. The van der Waals surface area contributed by atoms with Gasteiger partial charge in [0.1, 0.15) is 19.0 Å². The lowest BCUT2D eigenvalue weighted by atomic mass is 10.2. The molecule has 0 fully saturated rings. The van der Waals surface area contributed by atoms with Gasteiger partial charge in [0, 0.05) is 26.0 Å². The number of nitrogens with zero attached hydrogens (tertiary/aromatic N) is 2. The summed E-state index contributed by atoms with van der Waals surface area (Å²) in [4.78, 5) is 4.26. The van der Waals surface area contributed by atoms with Crippen molar-refractivity contribution in [3.05, 3.63) is 40.9 Å². The van der Waals surface area contributed by atoms with E-state index in [1.54, 1.807) is 6.20 Å². The van der Waals surface area contributed by atoms with Crippen LogP contribution in [0, 0.1) is 0 Å². The van der Waals surface area contributed by atoms with Gasteiger partial charge in [-0.2, -0.15) is 0 Å². The fraction of sp³-hybridized carbons (Fsp3) is 0.357. The highest BCUT2D eigenvalue weighted by molar-refractivity contribution is 6.32. The van der Waals surface area contributed by atoms with Crippen molar-refractivity contribution in [3.63, 3.8) is 0 Å². The minimum Gasteiger partial charge on any atom is -0.486 e. The smallest absolute Gasteiger partial charge is 0.179 e. The van der Waals surface area contributed by atoms with E-state index in [4.69, 9.17) is 21.1 Å². The number of aromatic nitrogens is 2. The van der Waals surface area contributed by atoms with Crippen LogP contribution in [0.2, 0.25) is 5.02 Å². The molecule has 0 amide bonds. The first-order valence-corrected chi connectivity index (χ1v) is 6.87.